The van der Waals surface area contributed by atoms with Gasteiger partial charge in [-0.2, -0.15) is 0 Å². The lowest BCUT2D eigenvalue weighted by atomic mass is 10.2. The van der Waals surface area contributed by atoms with Crippen LogP contribution in [-0.4, -0.2) is 26.2 Å². The van der Waals surface area contributed by atoms with E-state index in [1.807, 2.05) is 0 Å². The second-order valence-corrected chi connectivity index (χ2v) is 2.94. The molecule has 0 aromatic rings. The van der Waals surface area contributed by atoms with E-state index in [1.54, 1.807) is 6.92 Å². The maximum absolute atomic E-state index is 11.2. The van der Waals surface area contributed by atoms with Gasteiger partial charge in [0.1, 0.15) is 11.5 Å². The van der Waals surface area contributed by atoms with Gasteiger partial charge in [-0.25, -0.2) is 9.59 Å². The van der Waals surface area contributed by atoms with Gasteiger partial charge in [-0.1, -0.05) is 0 Å². The fourth-order valence-corrected chi connectivity index (χ4v) is 1.20. The van der Waals surface area contributed by atoms with E-state index in [2.05, 4.69) is 9.47 Å². The molecule has 0 atom stereocenters. The Hall–Kier alpha value is -1.78. The molecule has 5 nitrogen and oxygen atoms in total. The molecule has 0 N–H and O–H groups in total. The second-order valence-electron chi connectivity index (χ2n) is 2.94. The van der Waals surface area contributed by atoms with E-state index in [0.717, 1.165) is 0 Å². The number of allylic oxidation sites excluding steroid dienone is 2. The molecular formula is C10H12O5. The molecule has 0 aliphatic carbocycles. The van der Waals surface area contributed by atoms with Crippen molar-refractivity contribution in [3.63, 3.8) is 0 Å². The van der Waals surface area contributed by atoms with Crippen molar-refractivity contribution in [2.75, 3.05) is 14.2 Å². The Kier molecular flexibility index (Phi) is 3.49. The van der Waals surface area contributed by atoms with Crippen molar-refractivity contribution in [2.45, 2.75) is 13.3 Å². The SMILES string of the molecule is COC(=O)/C=C1/CC(C(=O)OC)=C(C)O1. The monoisotopic (exact) mass is 212 g/mol. The van der Waals surface area contributed by atoms with Crippen molar-refractivity contribution < 1.29 is 23.8 Å². The van der Waals surface area contributed by atoms with E-state index in [0.29, 0.717) is 17.1 Å². The van der Waals surface area contributed by atoms with Gasteiger partial charge >= 0.3 is 11.9 Å². The molecule has 1 heterocycles. The maximum atomic E-state index is 11.2. The Bertz CT molecular complexity index is 351. The van der Waals surface area contributed by atoms with E-state index in [9.17, 15) is 9.59 Å². The van der Waals surface area contributed by atoms with Gasteiger partial charge in [0.2, 0.25) is 0 Å². The van der Waals surface area contributed by atoms with Crippen LogP contribution in [0.1, 0.15) is 13.3 Å². The van der Waals surface area contributed by atoms with Crippen molar-refractivity contribution in [3.8, 4) is 0 Å². The maximum Gasteiger partial charge on any atom is 0.337 e. The second kappa shape index (κ2) is 4.63. The Balaban J connectivity index is 2.75. The predicted octanol–water partition coefficient (Wildman–Crippen LogP) is 0.911. The molecule has 1 aliphatic rings. The minimum Gasteiger partial charge on any atom is -0.466 e. The van der Waals surface area contributed by atoms with E-state index in [4.69, 9.17) is 4.74 Å². The van der Waals surface area contributed by atoms with Gasteiger partial charge in [0, 0.05) is 6.42 Å². The number of esters is 2. The van der Waals surface area contributed by atoms with Gasteiger partial charge < -0.3 is 14.2 Å². The highest BCUT2D eigenvalue weighted by Gasteiger charge is 2.24. The summed E-state index contributed by atoms with van der Waals surface area (Å²) in [7, 11) is 2.57. The Labute approximate surface area is 87.3 Å². The number of rotatable bonds is 2. The van der Waals surface area contributed by atoms with Crippen molar-refractivity contribution in [1.29, 1.82) is 0 Å². The van der Waals surface area contributed by atoms with Crippen LogP contribution in [0.5, 0.6) is 0 Å². The highest BCUT2D eigenvalue weighted by atomic mass is 16.5. The number of ether oxygens (including phenoxy) is 3. The molecule has 0 unspecified atom stereocenters. The summed E-state index contributed by atoms with van der Waals surface area (Å²) < 4.78 is 14.2. The standard InChI is InChI=1S/C10H12O5/c1-6-8(10(12)14-3)4-7(15-6)5-9(11)13-2/h5H,4H2,1-3H3/b7-5-. The van der Waals surface area contributed by atoms with E-state index in [1.165, 1.54) is 20.3 Å². The number of carbonyl (C=O) groups is 2. The molecule has 1 aliphatic heterocycles. The number of carbonyl (C=O) groups excluding carboxylic acids is 2. The van der Waals surface area contributed by atoms with Crippen molar-refractivity contribution in [1.82, 2.24) is 0 Å². The lowest BCUT2D eigenvalue weighted by molar-refractivity contribution is -0.136. The van der Waals surface area contributed by atoms with Crippen LogP contribution in [0.3, 0.4) is 0 Å². The van der Waals surface area contributed by atoms with Gasteiger partial charge in [-0.3, -0.25) is 0 Å². The molecule has 0 amide bonds. The first-order valence-corrected chi connectivity index (χ1v) is 4.33. The number of hydrogen-bond donors (Lipinski definition) is 0. The molecule has 0 aromatic heterocycles. The molecule has 82 valence electrons. The molecule has 0 aromatic carbocycles. The summed E-state index contributed by atoms with van der Waals surface area (Å²) in [4.78, 5) is 22.1. The normalized spacial score (nSPS) is 17.7. The summed E-state index contributed by atoms with van der Waals surface area (Å²) in [5, 5.41) is 0. The molecular weight excluding hydrogens is 200 g/mol. The van der Waals surface area contributed by atoms with E-state index in [-0.39, 0.29) is 6.42 Å². The lowest BCUT2D eigenvalue weighted by Crippen LogP contribution is -2.04. The lowest BCUT2D eigenvalue weighted by Gasteiger charge is -1.98. The average Bonchev–Trinajstić information content (AvgIpc) is 2.58. The van der Waals surface area contributed by atoms with Gasteiger partial charge in [0.05, 0.1) is 25.9 Å². The topological polar surface area (TPSA) is 61.8 Å². The molecule has 0 fully saturated rings. The molecule has 0 saturated carbocycles. The fourth-order valence-electron chi connectivity index (χ4n) is 1.20. The Morgan fingerprint density at radius 2 is 2.00 bits per heavy atom. The first kappa shape index (κ1) is 11.3. The zero-order valence-electron chi connectivity index (χ0n) is 8.83. The average molecular weight is 212 g/mol. The minimum absolute atomic E-state index is 0.258. The number of methoxy groups -OCH3 is 2. The zero-order valence-corrected chi connectivity index (χ0v) is 8.83. The Morgan fingerprint density at radius 1 is 1.33 bits per heavy atom. The van der Waals surface area contributed by atoms with Crippen molar-refractivity contribution in [3.05, 3.63) is 23.2 Å². The van der Waals surface area contributed by atoms with Crippen LogP contribution in [-0.2, 0) is 23.8 Å². The summed E-state index contributed by atoms with van der Waals surface area (Å²) in [5.41, 5.74) is 0.424. The molecule has 5 heteroatoms. The summed E-state index contributed by atoms with van der Waals surface area (Å²) >= 11 is 0. The van der Waals surface area contributed by atoms with Crippen LogP contribution in [0.15, 0.2) is 23.2 Å². The first-order chi connectivity index (χ1) is 7.08. The third kappa shape index (κ3) is 2.59. The van der Waals surface area contributed by atoms with Gasteiger partial charge in [0.15, 0.2) is 0 Å². The van der Waals surface area contributed by atoms with Crippen molar-refractivity contribution in [2.24, 2.45) is 0 Å². The Morgan fingerprint density at radius 3 is 2.53 bits per heavy atom. The summed E-state index contributed by atoms with van der Waals surface area (Å²) in [5.74, 6) is -0.110. The van der Waals surface area contributed by atoms with E-state index >= 15 is 0 Å². The zero-order chi connectivity index (χ0) is 11.4. The van der Waals surface area contributed by atoms with Crippen LogP contribution in [0.4, 0.5) is 0 Å². The summed E-state index contributed by atoms with van der Waals surface area (Å²) in [6, 6.07) is 0. The predicted molar refractivity (Wildman–Crippen MR) is 50.5 cm³/mol. The van der Waals surface area contributed by atoms with Crippen LogP contribution in [0.25, 0.3) is 0 Å². The molecule has 15 heavy (non-hydrogen) atoms. The smallest absolute Gasteiger partial charge is 0.337 e. The summed E-state index contributed by atoms with van der Waals surface area (Å²) in [6.45, 7) is 1.64. The first-order valence-electron chi connectivity index (χ1n) is 4.33. The molecule has 0 bridgehead atoms. The largest absolute Gasteiger partial charge is 0.466 e. The van der Waals surface area contributed by atoms with Crippen LogP contribution < -0.4 is 0 Å². The van der Waals surface area contributed by atoms with Gasteiger partial charge in [-0.05, 0) is 6.92 Å². The fraction of sp³-hybridized carbons (Fsp3) is 0.400. The summed E-state index contributed by atoms with van der Waals surface area (Å²) in [6.07, 6.45) is 1.47. The quantitative estimate of drug-likeness (QED) is 0.503. The molecule has 1 rings (SSSR count). The van der Waals surface area contributed by atoms with Crippen molar-refractivity contribution >= 4 is 11.9 Å². The van der Waals surface area contributed by atoms with Crippen LogP contribution >= 0.6 is 0 Å². The third-order valence-electron chi connectivity index (χ3n) is 1.97. The molecule has 0 radical (unpaired) electrons. The van der Waals surface area contributed by atoms with Crippen LogP contribution in [0, 0.1) is 0 Å². The van der Waals surface area contributed by atoms with Gasteiger partial charge in [-0.15, -0.1) is 0 Å². The molecule has 0 spiro atoms. The minimum atomic E-state index is -0.510. The van der Waals surface area contributed by atoms with Crippen LogP contribution in [0.2, 0.25) is 0 Å². The molecule has 0 saturated heterocycles. The highest BCUT2D eigenvalue weighted by molar-refractivity contribution is 5.90. The number of hydrogen-bond acceptors (Lipinski definition) is 5. The third-order valence-corrected chi connectivity index (χ3v) is 1.97. The highest BCUT2D eigenvalue weighted by Crippen LogP contribution is 2.28. The van der Waals surface area contributed by atoms with E-state index < -0.39 is 11.9 Å². The van der Waals surface area contributed by atoms with Gasteiger partial charge in [0.25, 0.3) is 0 Å².